The van der Waals surface area contributed by atoms with Crippen LogP contribution in [0.5, 0.6) is 0 Å². The molecule has 178 valence electrons. The molecule has 0 N–H and O–H groups in total. The Balaban J connectivity index is 1.44. The van der Waals surface area contributed by atoms with Gasteiger partial charge in [-0.25, -0.2) is 4.79 Å². The topological polar surface area (TPSA) is 71.7 Å². The van der Waals surface area contributed by atoms with Crippen LogP contribution in [0.25, 0.3) is 0 Å². The van der Waals surface area contributed by atoms with Gasteiger partial charge in [-0.3, -0.25) is 0 Å². The Bertz CT molecular complexity index is 1010. The van der Waals surface area contributed by atoms with Crippen molar-refractivity contribution < 1.29 is 27.2 Å². The summed E-state index contributed by atoms with van der Waals surface area (Å²) in [6, 6.07) is 4.34. The van der Waals surface area contributed by atoms with Crippen molar-refractivity contribution in [2.24, 2.45) is 0 Å². The third-order valence-corrected chi connectivity index (χ3v) is 6.79. The van der Waals surface area contributed by atoms with Crippen LogP contribution in [0.4, 0.5) is 18.0 Å². The van der Waals surface area contributed by atoms with Crippen LogP contribution in [0.3, 0.4) is 0 Å². The van der Waals surface area contributed by atoms with Crippen LogP contribution in [-0.4, -0.2) is 65.4 Å². The average molecular weight is 464 g/mol. The Kier molecular flexibility index (Phi) is 5.80. The number of morpholine rings is 1. The predicted octanol–water partition coefficient (Wildman–Crippen LogP) is 4.30. The van der Waals surface area contributed by atoms with Crippen molar-refractivity contribution in [2.45, 2.75) is 50.1 Å². The molecule has 0 radical (unpaired) electrons. The van der Waals surface area contributed by atoms with Crippen LogP contribution in [0, 0.1) is 6.92 Å². The van der Waals surface area contributed by atoms with E-state index in [1.807, 2.05) is 0 Å². The number of ether oxygens (including phenoxy) is 1. The van der Waals surface area contributed by atoms with Crippen molar-refractivity contribution in [1.82, 2.24) is 19.9 Å². The number of alkyl halides is 3. The zero-order chi connectivity index (χ0) is 23.2. The number of amides is 2. The Labute approximate surface area is 189 Å². The van der Waals surface area contributed by atoms with Crippen LogP contribution in [0.15, 0.2) is 22.7 Å². The summed E-state index contributed by atoms with van der Waals surface area (Å²) in [6.45, 7) is 4.16. The zero-order valence-corrected chi connectivity index (χ0v) is 18.5. The number of rotatable bonds is 3. The number of aryl methyl sites for hydroxylation is 1. The quantitative estimate of drug-likeness (QED) is 0.677. The molecule has 2 unspecified atom stereocenters. The number of piperidine rings is 1. The van der Waals surface area contributed by atoms with E-state index in [9.17, 15) is 18.0 Å². The third kappa shape index (κ3) is 4.71. The van der Waals surface area contributed by atoms with E-state index in [-0.39, 0.29) is 23.4 Å². The zero-order valence-electron chi connectivity index (χ0n) is 18.5. The monoisotopic (exact) mass is 464 g/mol. The van der Waals surface area contributed by atoms with Crippen molar-refractivity contribution >= 4 is 6.03 Å². The summed E-state index contributed by atoms with van der Waals surface area (Å²) in [5.41, 5.74) is 0.118. The summed E-state index contributed by atoms with van der Waals surface area (Å²) in [5, 5.41) is 4.10. The number of urea groups is 1. The van der Waals surface area contributed by atoms with Crippen molar-refractivity contribution in [3.63, 3.8) is 0 Å². The van der Waals surface area contributed by atoms with Gasteiger partial charge < -0.3 is 19.1 Å². The molecule has 2 atom stereocenters. The fourth-order valence-corrected chi connectivity index (χ4v) is 4.75. The van der Waals surface area contributed by atoms with Gasteiger partial charge in [0.1, 0.15) is 0 Å². The van der Waals surface area contributed by atoms with Gasteiger partial charge in [0, 0.05) is 38.0 Å². The molecule has 33 heavy (non-hydrogen) atoms. The van der Waals surface area contributed by atoms with Crippen molar-refractivity contribution in [3.05, 3.63) is 46.6 Å². The van der Waals surface area contributed by atoms with Gasteiger partial charge in [0.2, 0.25) is 5.89 Å². The number of carbonyl (C=O) groups excluding carboxylic acids is 1. The van der Waals surface area contributed by atoms with E-state index in [0.717, 1.165) is 12.8 Å². The van der Waals surface area contributed by atoms with E-state index in [1.54, 1.807) is 15.9 Å². The van der Waals surface area contributed by atoms with Gasteiger partial charge in [-0.1, -0.05) is 17.3 Å². The summed E-state index contributed by atoms with van der Waals surface area (Å²) in [5.74, 6) is 0.980. The Hall–Kier alpha value is -2.62. The summed E-state index contributed by atoms with van der Waals surface area (Å²) >= 11 is 0. The number of carbonyl (C=O) groups is 1. The smallest absolute Gasteiger partial charge is 0.378 e. The summed E-state index contributed by atoms with van der Waals surface area (Å²) in [4.78, 5) is 21.3. The maximum atomic E-state index is 13.6. The molecule has 0 bridgehead atoms. The summed E-state index contributed by atoms with van der Waals surface area (Å²) < 4.78 is 51.6. The molecule has 7 nitrogen and oxygen atoms in total. The number of hydrogen-bond acceptors (Lipinski definition) is 5. The van der Waals surface area contributed by atoms with Gasteiger partial charge in [-0.15, -0.1) is 0 Å². The van der Waals surface area contributed by atoms with Crippen LogP contribution >= 0.6 is 0 Å². The van der Waals surface area contributed by atoms with Gasteiger partial charge >= 0.3 is 12.2 Å². The Morgan fingerprint density at radius 3 is 2.48 bits per heavy atom. The molecule has 3 aliphatic rings. The average Bonchev–Trinajstić information content (AvgIpc) is 3.54. The second-order valence-electron chi connectivity index (χ2n) is 9.25. The molecule has 2 aliphatic heterocycles. The summed E-state index contributed by atoms with van der Waals surface area (Å²) in [6.07, 6.45) is -1.81. The molecule has 2 saturated heterocycles. The first kappa shape index (κ1) is 22.2. The molecule has 1 aliphatic carbocycles. The second-order valence-corrected chi connectivity index (χ2v) is 9.25. The predicted molar refractivity (Wildman–Crippen MR) is 112 cm³/mol. The lowest BCUT2D eigenvalue weighted by Crippen LogP contribution is -2.52. The number of aromatic nitrogens is 2. The van der Waals surface area contributed by atoms with Crippen LogP contribution in [-0.2, 0) is 10.9 Å². The van der Waals surface area contributed by atoms with Gasteiger partial charge in [-0.05, 0) is 43.4 Å². The largest absolute Gasteiger partial charge is 0.416 e. The van der Waals surface area contributed by atoms with E-state index in [0.29, 0.717) is 69.0 Å². The fourth-order valence-electron chi connectivity index (χ4n) is 4.75. The van der Waals surface area contributed by atoms with Crippen LogP contribution in [0.1, 0.15) is 65.4 Å². The van der Waals surface area contributed by atoms with E-state index >= 15 is 0 Å². The molecule has 0 spiro atoms. The number of likely N-dealkylation sites (tertiary alicyclic amines) is 1. The van der Waals surface area contributed by atoms with E-state index in [4.69, 9.17) is 9.26 Å². The minimum Gasteiger partial charge on any atom is -0.378 e. The Morgan fingerprint density at radius 2 is 1.79 bits per heavy atom. The number of benzene rings is 1. The van der Waals surface area contributed by atoms with Crippen LogP contribution in [0.2, 0.25) is 0 Å². The Morgan fingerprint density at radius 1 is 1.06 bits per heavy atom. The highest BCUT2D eigenvalue weighted by Gasteiger charge is 2.39. The number of hydrogen-bond donors (Lipinski definition) is 0. The fraction of sp³-hybridized carbons (Fsp3) is 0.609. The van der Waals surface area contributed by atoms with Gasteiger partial charge in [-0.2, -0.15) is 18.2 Å². The van der Waals surface area contributed by atoms with Gasteiger partial charge in [0.25, 0.3) is 0 Å². The van der Waals surface area contributed by atoms with Gasteiger partial charge in [0.05, 0.1) is 24.7 Å². The standard InChI is InChI=1S/C23H27F3N4O3/c1-14-2-3-16(11-19(14)23(24,25)26)17-10-18(21-27-20(28-33-21)15-4-5-15)13-30(12-17)22(31)29-6-8-32-9-7-29/h2-3,11,15,17-18H,4-10,12-13H2,1H3. The van der Waals surface area contributed by atoms with E-state index in [2.05, 4.69) is 10.1 Å². The molecule has 5 rings (SSSR count). The normalized spacial score (nSPS) is 24.2. The maximum absolute atomic E-state index is 13.6. The number of halogens is 3. The highest BCUT2D eigenvalue weighted by Crippen LogP contribution is 2.41. The van der Waals surface area contributed by atoms with Gasteiger partial charge in [0.15, 0.2) is 5.82 Å². The van der Waals surface area contributed by atoms with Crippen molar-refractivity contribution in [3.8, 4) is 0 Å². The molecular formula is C23H27F3N4O3. The minimum atomic E-state index is -4.43. The molecule has 2 aromatic rings. The second kappa shape index (κ2) is 8.62. The highest BCUT2D eigenvalue weighted by atomic mass is 19.4. The SMILES string of the molecule is Cc1ccc(C2CC(c3nc(C4CC4)no3)CN(C(=O)N3CCOCC3)C2)cc1C(F)(F)F. The minimum absolute atomic E-state index is 0.127. The van der Waals surface area contributed by atoms with Crippen LogP contribution < -0.4 is 0 Å². The highest BCUT2D eigenvalue weighted by molar-refractivity contribution is 5.75. The first-order valence-corrected chi connectivity index (χ1v) is 11.4. The molecule has 2 amide bonds. The summed E-state index contributed by atoms with van der Waals surface area (Å²) in [7, 11) is 0. The lowest BCUT2D eigenvalue weighted by molar-refractivity contribution is -0.138. The molecule has 1 saturated carbocycles. The lowest BCUT2D eigenvalue weighted by Gasteiger charge is -2.40. The number of nitrogens with zero attached hydrogens (tertiary/aromatic N) is 4. The first-order chi connectivity index (χ1) is 15.8. The van der Waals surface area contributed by atoms with E-state index < -0.39 is 11.7 Å². The van der Waals surface area contributed by atoms with E-state index in [1.165, 1.54) is 19.1 Å². The van der Waals surface area contributed by atoms with Crippen molar-refractivity contribution in [1.29, 1.82) is 0 Å². The molecule has 1 aromatic heterocycles. The lowest BCUT2D eigenvalue weighted by atomic mass is 9.83. The van der Waals surface area contributed by atoms with Crippen molar-refractivity contribution in [2.75, 3.05) is 39.4 Å². The molecule has 3 fully saturated rings. The maximum Gasteiger partial charge on any atom is 0.416 e. The first-order valence-electron chi connectivity index (χ1n) is 11.4. The molecular weight excluding hydrogens is 437 g/mol. The molecule has 1 aromatic carbocycles. The molecule has 10 heteroatoms. The third-order valence-electron chi connectivity index (χ3n) is 6.79. The molecule has 3 heterocycles.